The standard InChI is InChI=1S/C19H15N5OS/c1-24-11-15(17(23-24)13-7-9-20-10-8-13)21-18(25)16-12-26-19(22-16)14-5-3-2-4-6-14/h2-12H,1H3,(H,21,25). The van der Waals surface area contributed by atoms with Gasteiger partial charge in [0.2, 0.25) is 0 Å². The quantitative estimate of drug-likeness (QED) is 0.599. The van der Waals surface area contributed by atoms with Crippen molar-refractivity contribution < 1.29 is 4.79 Å². The maximum absolute atomic E-state index is 12.6. The smallest absolute Gasteiger partial charge is 0.275 e. The number of carbonyl (C=O) groups is 1. The van der Waals surface area contributed by atoms with Crippen molar-refractivity contribution in [2.45, 2.75) is 0 Å². The average Bonchev–Trinajstić information content (AvgIpc) is 3.30. The van der Waals surface area contributed by atoms with Gasteiger partial charge in [-0.25, -0.2) is 4.98 Å². The fourth-order valence-corrected chi connectivity index (χ4v) is 3.39. The molecule has 0 aliphatic rings. The monoisotopic (exact) mass is 361 g/mol. The van der Waals surface area contributed by atoms with E-state index in [0.29, 0.717) is 17.1 Å². The largest absolute Gasteiger partial charge is 0.317 e. The lowest BCUT2D eigenvalue weighted by Crippen LogP contribution is -2.12. The number of nitrogens with zero attached hydrogens (tertiary/aromatic N) is 4. The number of thiazole rings is 1. The van der Waals surface area contributed by atoms with E-state index in [1.807, 2.05) is 49.5 Å². The van der Waals surface area contributed by atoms with Crippen molar-refractivity contribution >= 4 is 22.9 Å². The van der Waals surface area contributed by atoms with Crippen LogP contribution in [0, 0.1) is 0 Å². The third-order valence-corrected chi connectivity index (χ3v) is 4.68. The molecule has 3 aromatic heterocycles. The van der Waals surface area contributed by atoms with Gasteiger partial charge in [0.1, 0.15) is 16.4 Å². The molecule has 0 saturated heterocycles. The first-order valence-electron chi connectivity index (χ1n) is 7.97. The Morgan fingerprint density at radius 3 is 2.62 bits per heavy atom. The molecule has 0 bridgehead atoms. The topological polar surface area (TPSA) is 72.7 Å². The van der Waals surface area contributed by atoms with Crippen molar-refractivity contribution in [2.24, 2.45) is 7.05 Å². The molecule has 6 nitrogen and oxygen atoms in total. The predicted molar refractivity (Wildman–Crippen MR) is 102 cm³/mol. The first-order chi connectivity index (χ1) is 12.7. The van der Waals surface area contributed by atoms with Gasteiger partial charge in [0, 0.05) is 42.1 Å². The van der Waals surface area contributed by atoms with Gasteiger partial charge in [-0.1, -0.05) is 30.3 Å². The summed E-state index contributed by atoms with van der Waals surface area (Å²) in [7, 11) is 1.82. The predicted octanol–water partition coefficient (Wildman–Crippen LogP) is 3.86. The molecule has 0 saturated carbocycles. The lowest BCUT2D eigenvalue weighted by molar-refractivity contribution is 0.102. The van der Waals surface area contributed by atoms with E-state index >= 15 is 0 Å². The molecule has 1 amide bonds. The normalized spacial score (nSPS) is 10.7. The zero-order valence-corrected chi connectivity index (χ0v) is 14.8. The van der Waals surface area contributed by atoms with Gasteiger partial charge in [-0.05, 0) is 12.1 Å². The molecule has 0 aliphatic carbocycles. The Hall–Kier alpha value is -3.32. The van der Waals surface area contributed by atoms with E-state index in [9.17, 15) is 4.79 Å². The van der Waals surface area contributed by atoms with Gasteiger partial charge in [0.25, 0.3) is 5.91 Å². The highest BCUT2D eigenvalue weighted by Gasteiger charge is 2.16. The minimum atomic E-state index is -0.258. The summed E-state index contributed by atoms with van der Waals surface area (Å²) >= 11 is 1.45. The Bertz CT molecular complexity index is 1040. The van der Waals surface area contributed by atoms with Crippen LogP contribution in [0.3, 0.4) is 0 Å². The number of hydrogen-bond donors (Lipinski definition) is 1. The van der Waals surface area contributed by atoms with Crippen molar-refractivity contribution in [3.63, 3.8) is 0 Å². The van der Waals surface area contributed by atoms with Crippen molar-refractivity contribution in [1.82, 2.24) is 19.7 Å². The first-order valence-corrected chi connectivity index (χ1v) is 8.85. The molecule has 1 aromatic carbocycles. The third kappa shape index (κ3) is 3.25. The van der Waals surface area contributed by atoms with Gasteiger partial charge >= 0.3 is 0 Å². The molecule has 1 N–H and O–H groups in total. The van der Waals surface area contributed by atoms with E-state index in [4.69, 9.17) is 0 Å². The molecular weight excluding hydrogens is 346 g/mol. The highest BCUT2D eigenvalue weighted by Crippen LogP contribution is 2.27. The number of anilines is 1. The number of hydrogen-bond acceptors (Lipinski definition) is 5. The van der Waals surface area contributed by atoms with E-state index in [1.165, 1.54) is 11.3 Å². The zero-order valence-electron chi connectivity index (χ0n) is 14.0. The molecule has 0 spiro atoms. The van der Waals surface area contributed by atoms with Crippen LogP contribution >= 0.6 is 11.3 Å². The van der Waals surface area contributed by atoms with E-state index in [-0.39, 0.29) is 5.91 Å². The van der Waals surface area contributed by atoms with Crippen LogP contribution in [-0.2, 0) is 7.05 Å². The van der Waals surface area contributed by atoms with Crippen molar-refractivity contribution in [3.8, 4) is 21.8 Å². The van der Waals surface area contributed by atoms with Crippen LogP contribution in [0.15, 0.2) is 66.4 Å². The number of pyridine rings is 1. The Morgan fingerprint density at radius 1 is 1.08 bits per heavy atom. The van der Waals surface area contributed by atoms with Crippen molar-refractivity contribution in [2.75, 3.05) is 5.32 Å². The van der Waals surface area contributed by atoms with E-state index in [1.54, 1.807) is 28.7 Å². The summed E-state index contributed by atoms with van der Waals surface area (Å²) in [6.45, 7) is 0. The molecule has 7 heteroatoms. The van der Waals surface area contributed by atoms with Crippen LogP contribution in [0.4, 0.5) is 5.69 Å². The van der Waals surface area contributed by atoms with Crippen LogP contribution < -0.4 is 5.32 Å². The number of aromatic nitrogens is 4. The number of aryl methyl sites for hydroxylation is 1. The van der Waals surface area contributed by atoms with Gasteiger partial charge in [-0.15, -0.1) is 11.3 Å². The molecule has 0 unspecified atom stereocenters. The number of nitrogens with one attached hydrogen (secondary N) is 1. The number of amides is 1. The van der Waals surface area contributed by atoms with E-state index < -0.39 is 0 Å². The van der Waals surface area contributed by atoms with Crippen molar-refractivity contribution in [3.05, 3.63) is 72.1 Å². The second-order valence-corrected chi connectivity index (χ2v) is 6.52. The summed E-state index contributed by atoms with van der Waals surface area (Å²) in [5.74, 6) is -0.258. The number of carbonyl (C=O) groups excluding carboxylic acids is 1. The molecule has 4 rings (SSSR count). The van der Waals surface area contributed by atoms with Gasteiger partial charge in [-0.3, -0.25) is 14.5 Å². The summed E-state index contributed by atoms with van der Waals surface area (Å²) in [6, 6.07) is 13.5. The maximum Gasteiger partial charge on any atom is 0.275 e. The Kier molecular flexibility index (Phi) is 4.28. The van der Waals surface area contributed by atoms with Crippen LogP contribution in [0.5, 0.6) is 0 Å². The molecule has 4 aromatic rings. The molecular formula is C19H15N5OS. The van der Waals surface area contributed by atoms with Crippen LogP contribution in [0.25, 0.3) is 21.8 Å². The molecule has 128 valence electrons. The molecule has 0 aliphatic heterocycles. The molecule has 0 radical (unpaired) electrons. The minimum Gasteiger partial charge on any atom is -0.317 e. The third-order valence-electron chi connectivity index (χ3n) is 3.79. The molecule has 0 atom stereocenters. The Labute approximate surface area is 154 Å². The summed E-state index contributed by atoms with van der Waals surface area (Å²) in [5, 5.41) is 9.93. The van der Waals surface area contributed by atoms with Crippen LogP contribution in [-0.4, -0.2) is 25.7 Å². The van der Waals surface area contributed by atoms with Gasteiger partial charge in [-0.2, -0.15) is 5.10 Å². The van der Waals surface area contributed by atoms with E-state index in [0.717, 1.165) is 16.1 Å². The lowest BCUT2D eigenvalue weighted by Gasteiger charge is -2.03. The van der Waals surface area contributed by atoms with Crippen LogP contribution in [0.2, 0.25) is 0 Å². The second kappa shape index (κ2) is 6.89. The SMILES string of the molecule is Cn1cc(NC(=O)c2csc(-c3ccccc3)n2)c(-c2ccncc2)n1. The molecule has 3 heterocycles. The lowest BCUT2D eigenvalue weighted by atomic mass is 10.2. The van der Waals surface area contributed by atoms with Gasteiger partial charge < -0.3 is 5.32 Å². The Morgan fingerprint density at radius 2 is 1.85 bits per heavy atom. The molecule has 26 heavy (non-hydrogen) atoms. The minimum absolute atomic E-state index is 0.258. The first kappa shape index (κ1) is 16.2. The Balaban J connectivity index is 1.59. The highest BCUT2D eigenvalue weighted by atomic mass is 32.1. The van der Waals surface area contributed by atoms with Crippen molar-refractivity contribution in [1.29, 1.82) is 0 Å². The fraction of sp³-hybridized carbons (Fsp3) is 0.0526. The number of rotatable bonds is 4. The summed E-state index contributed by atoms with van der Waals surface area (Å²) in [5.41, 5.74) is 3.60. The summed E-state index contributed by atoms with van der Waals surface area (Å²) in [6.07, 6.45) is 5.17. The summed E-state index contributed by atoms with van der Waals surface area (Å²) < 4.78 is 1.67. The zero-order chi connectivity index (χ0) is 17.9. The average molecular weight is 361 g/mol. The fourth-order valence-electron chi connectivity index (χ4n) is 2.58. The van der Waals surface area contributed by atoms with Gasteiger partial charge in [0.05, 0.1) is 5.69 Å². The number of benzene rings is 1. The van der Waals surface area contributed by atoms with E-state index in [2.05, 4.69) is 20.4 Å². The second-order valence-electron chi connectivity index (χ2n) is 5.66. The summed E-state index contributed by atoms with van der Waals surface area (Å²) in [4.78, 5) is 21.1. The highest BCUT2D eigenvalue weighted by molar-refractivity contribution is 7.13. The molecule has 0 fully saturated rings. The maximum atomic E-state index is 12.6. The van der Waals surface area contributed by atoms with Crippen LogP contribution in [0.1, 0.15) is 10.5 Å². The van der Waals surface area contributed by atoms with Gasteiger partial charge in [0.15, 0.2) is 0 Å².